The average Bonchev–Trinajstić information content (AvgIpc) is 2.28. The molecule has 0 saturated heterocycles. The van der Waals surface area contributed by atoms with Crippen molar-refractivity contribution in [1.82, 2.24) is 5.32 Å². The third-order valence-corrected chi connectivity index (χ3v) is 3.20. The van der Waals surface area contributed by atoms with Crippen molar-refractivity contribution in [3.8, 4) is 5.75 Å². The molecule has 1 N–H and O–H groups in total. The van der Waals surface area contributed by atoms with E-state index in [-0.39, 0.29) is 0 Å². The third kappa shape index (κ3) is 2.99. The summed E-state index contributed by atoms with van der Waals surface area (Å²) in [6, 6.07) is 4.40. The SMILES string of the molecule is CNCCC(C)c1cc(C)c(C)cc1OC. The van der Waals surface area contributed by atoms with E-state index in [1.165, 1.54) is 16.7 Å². The lowest BCUT2D eigenvalue weighted by atomic mass is 9.93. The average molecular weight is 221 g/mol. The van der Waals surface area contributed by atoms with Crippen LogP contribution < -0.4 is 10.1 Å². The van der Waals surface area contributed by atoms with Gasteiger partial charge in [-0.15, -0.1) is 0 Å². The van der Waals surface area contributed by atoms with Gasteiger partial charge < -0.3 is 10.1 Å². The number of aryl methyl sites for hydroxylation is 2. The van der Waals surface area contributed by atoms with Gasteiger partial charge in [0, 0.05) is 0 Å². The summed E-state index contributed by atoms with van der Waals surface area (Å²) in [6.07, 6.45) is 1.13. The topological polar surface area (TPSA) is 21.3 Å². The minimum Gasteiger partial charge on any atom is -0.496 e. The second-order valence-electron chi connectivity index (χ2n) is 4.47. The van der Waals surface area contributed by atoms with Crippen molar-refractivity contribution >= 4 is 0 Å². The molecule has 0 spiro atoms. The van der Waals surface area contributed by atoms with Crippen molar-refractivity contribution in [2.75, 3.05) is 20.7 Å². The first kappa shape index (κ1) is 13.0. The van der Waals surface area contributed by atoms with Gasteiger partial charge in [0.1, 0.15) is 5.75 Å². The molecule has 1 aromatic rings. The van der Waals surface area contributed by atoms with E-state index in [0.29, 0.717) is 5.92 Å². The standard InChI is InChI=1S/C14H23NO/c1-10(6-7-15-4)13-8-11(2)12(3)9-14(13)16-5/h8-10,15H,6-7H2,1-5H3. The summed E-state index contributed by atoms with van der Waals surface area (Å²) in [4.78, 5) is 0. The number of benzene rings is 1. The van der Waals surface area contributed by atoms with Crippen molar-refractivity contribution in [2.24, 2.45) is 0 Å². The molecular weight excluding hydrogens is 198 g/mol. The van der Waals surface area contributed by atoms with Crippen molar-refractivity contribution in [1.29, 1.82) is 0 Å². The van der Waals surface area contributed by atoms with Gasteiger partial charge in [0.2, 0.25) is 0 Å². The zero-order valence-corrected chi connectivity index (χ0v) is 11.1. The Morgan fingerprint density at radius 2 is 1.88 bits per heavy atom. The fraction of sp³-hybridized carbons (Fsp3) is 0.571. The molecule has 90 valence electrons. The fourth-order valence-corrected chi connectivity index (χ4v) is 1.89. The molecule has 0 radical (unpaired) electrons. The summed E-state index contributed by atoms with van der Waals surface area (Å²) >= 11 is 0. The highest BCUT2D eigenvalue weighted by atomic mass is 16.5. The molecule has 1 unspecified atom stereocenters. The van der Waals surface area contributed by atoms with E-state index in [2.05, 4.69) is 38.2 Å². The Hall–Kier alpha value is -1.02. The van der Waals surface area contributed by atoms with Crippen LogP contribution in [-0.2, 0) is 0 Å². The Kier molecular flexibility index (Phi) is 4.81. The number of hydrogen-bond donors (Lipinski definition) is 1. The van der Waals surface area contributed by atoms with E-state index in [1.54, 1.807) is 7.11 Å². The summed E-state index contributed by atoms with van der Waals surface area (Å²) in [5.74, 6) is 1.55. The summed E-state index contributed by atoms with van der Waals surface area (Å²) in [5, 5.41) is 3.19. The second-order valence-corrected chi connectivity index (χ2v) is 4.47. The predicted molar refractivity (Wildman–Crippen MR) is 69.4 cm³/mol. The van der Waals surface area contributed by atoms with E-state index in [1.807, 2.05) is 7.05 Å². The lowest BCUT2D eigenvalue weighted by molar-refractivity contribution is 0.404. The van der Waals surface area contributed by atoms with Gasteiger partial charge >= 0.3 is 0 Å². The van der Waals surface area contributed by atoms with E-state index < -0.39 is 0 Å². The van der Waals surface area contributed by atoms with Crippen molar-refractivity contribution in [2.45, 2.75) is 33.1 Å². The van der Waals surface area contributed by atoms with Crippen LogP contribution in [0.5, 0.6) is 5.75 Å². The van der Waals surface area contributed by atoms with Gasteiger partial charge in [0.15, 0.2) is 0 Å². The van der Waals surface area contributed by atoms with Crippen LogP contribution in [0.4, 0.5) is 0 Å². The monoisotopic (exact) mass is 221 g/mol. The maximum Gasteiger partial charge on any atom is 0.122 e. The summed E-state index contributed by atoms with van der Waals surface area (Å²) < 4.78 is 5.46. The minimum atomic E-state index is 0.529. The first-order valence-corrected chi connectivity index (χ1v) is 5.89. The van der Waals surface area contributed by atoms with E-state index in [9.17, 15) is 0 Å². The molecule has 0 heterocycles. The number of hydrogen-bond acceptors (Lipinski definition) is 2. The summed E-state index contributed by atoms with van der Waals surface area (Å²) in [7, 11) is 3.74. The summed E-state index contributed by atoms with van der Waals surface area (Å²) in [5.41, 5.74) is 3.95. The van der Waals surface area contributed by atoms with Crippen LogP contribution in [0.2, 0.25) is 0 Å². The first-order chi connectivity index (χ1) is 7.60. The molecule has 2 heteroatoms. The molecule has 16 heavy (non-hydrogen) atoms. The molecule has 0 aromatic heterocycles. The molecule has 1 atom stereocenters. The van der Waals surface area contributed by atoms with Crippen molar-refractivity contribution in [3.05, 3.63) is 28.8 Å². The van der Waals surface area contributed by atoms with Crippen LogP contribution in [0, 0.1) is 13.8 Å². The molecule has 0 fully saturated rings. The molecular formula is C14H23NO. The third-order valence-electron chi connectivity index (χ3n) is 3.20. The van der Waals surface area contributed by atoms with Gasteiger partial charge in [-0.1, -0.05) is 13.0 Å². The van der Waals surface area contributed by atoms with Crippen LogP contribution >= 0.6 is 0 Å². The molecule has 0 amide bonds. The van der Waals surface area contributed by atoms with Crippen LogP contribution in [0.1, 0.15) is 36.0 Å². The Labute approximate surface area is 99.0 Å². The van der Waals surface area contributed by atoms with Crippen LogP contribution in [0.25, 0.3) is 0 Å². The molecule has 1 rings (SSSR count). The zero-order chi connectivity index (χ0) is 12.1. The molecule has 0 aliphatic rings. The Balaban J connectivity index is 2.96. The number of nitrogens with one attached hydrogen (secondary N) is 1. The van der Waals surface area contributed by atoms with Crippen molar-refractivity contribution in [3.63, 3.8) is 0 Å². The van der Waals surface area contributed by atoms with E-state index in [4.69, 9.17) is 4.74 Å². The number of ether oxygens (including phenoxy) is 1. The lowest BCUT2D eigenvalue weighted by Crippen LogP contribution is -2.11. The highest BCUT2D eigenvalue weighted by molar-refractivity contribution is 5.43. The van der Waals surface area contributed by atoms with Crippen LogP contribution in [0.15, 0.2) is 12.1 Å². The molecule has 0 aliphatic carbocycles. The van der Waals surface area contributed by atoms with E-state index in [0.717, 1.165) is 18.7 Å². The van der Waals surface area contributed by atoms with Gasteiger partial charge in [0.05, 0.1) is 7.11 Å². The molecule has 0 bridgehead atoms. The summed E-state index contributed by atoms with van der Waals surface area (Å²) in [6.45, 7) is 7.57. The largest absolute Gasteiger partial charge is 0.496 e. The Bertz CT molecular complexity index is 347. The Morgan fingerprint density at radius 3 is 2.44 bits per heavy atom. The normalized spacial score (nSPS) is 12.6. The first-order valence-electron chi connectivity index (χ1n) is 5.89. The van der Waals surface area contributed by atoms with E-state index >= 15 is 0 Å². The molecule has 0 saturated carbocycles. The minimum absolute atomic E-state index is 0.529. The predicted octanol–water partition coefficient (Wildman–Crippen LogP) is 3.03. The molecule has 2 nitrogen and oxygen atoms in total. The molecule has 0 aliphatic heterocycles. The zero-order valence-electron chi connectivity index (χ0n) is 11.1. The van der Waals surface area contributed by atoms with Crippen LogP contribution in [0.3, 0.4) is 0 Å². The number of methoxy groups -OCH3 is 1. The fourth-order valence-electron chi connectivity index (χ4n) is 1.89. The Morgan fingerprint density at radius 1 is 1.25 bits per heavy atom. The lowest BCUT2D eigenvalue weighted by Gasteiger charge is -2.17. The molecule has 1 aromatic carbocycles. The highest BCUT2D eigenvalue weighted by Crippen LogP contribution is 2.31. The maximum absolute atomic E-state index is 5.46. The van der Waals surface area contributed by atoms with Gasteiger partial charge in [-0.3, -0.25) is 0 Å². The quantitative estimate of drug-likeness (QED) is 0.825. The van der Waals surface area contributed by atoms with Gasteiger partial charge in [-0.05, 0) is 62.5 Å². The maximum atomic E-state index is 5.46. The second kappa shape index (κ2) is 5.90. The van der Waals surface area contributed by atoms with Crippen LogP contribution in [-0.4, -0.2) is 20.7 Å². The highest BCUT2D eigenvalue weighted by Gasteiger charge is 2.12. The smallest absolute Gasteiger partial charge is 0.122 e. The number of rotatable bonds is 5. The van der Waals surface area contributed by atoms with Crippen molar-refractivity contribution < 1.29 is 4.74 Å². The van der Waals surface area contributed by atoms with Gasteiger partial charge in [0.25, 0.3) is 0 Å². The van der Waals surface area contributed by atoms with Gasteiger partial charge in [-0.25, -0.2) is 0 Å². The van der Waals surface area contributed by atoms with Gasteiger partial charge in [-0.2, -0.15) is 0 Å².